The molecule has 0 bridgehead atoms. The summed E-state index contributed by atoms with van der Waals surface area (Å²) >= 11 is 1.48. The van der Waals surface area contributed by atoms with Crippen molar-refractivity contribution in [1.82, 2.24) is 0 Å². The van der Waals surface area contributed by atoms with E-state index in [0.717, 1.165) is 5.56 Å². The van der Waals surface area contributed by atoms with Gasteiger partial charge in [0.25, 0.3) is 0 Å². The van der Waals surface area contributed by atoms with E-state index in [4.69, 9.17) is 10.2 Å². The molecular weight excluding hydrogens is 224 g/mol. The highest BCUT2D eigenvalue weighted by atomic mass is 32.2. The molecule has 1 aromatic carbocycles. The second kappa shape index (κ2) is 7.44. The minimum absolute atomic E-state index is 0.117. The average molecular weight is 240 g/mol. The van der Waals surface area contributed by atoms with E-state index in [2.05, 4.69) is 0 Å². The van der Waals surface area contributed by atoms with Crippen molar-refractivity contribution in [3.05, 3.63) is 35.9 Å². The first kappa shape index (κ1) is 13.2. The predicted molar refractivity (Wildman–Crippen MR) is 65.8 cm³/mol. The summed E-state index contributed by atoms with van der Waals surface area (Å²) in [5.41, 5.74) is 0.728. The van der Waals surface area contributed by atoms with Gasteiger partial charge in [-0.1, -0.05) is 30.3 Å². The Morgan fingerprint density at radius 2 is 2.00 bits per heavy atom. The van der Waals surface area contributed by atoms with E-state index in [1.807, 2.05) is 18.2 Å². The second-order valence-corrected chi connectivity index (χ2v) is 4.60. The number of ketones is 1. The third kappa shape index (κ3) is 4.79. The number of hydrogen-bond acceptors (Lipinski definition) is 4. The maximum atomic E-state index is 11.6. The molecule has 1 unspecified atom stereocenters. The van der Waals surface area contributed by atoms with Crippen molar-refractivity contribution < 1.29 is 15.0 Å². The lowest BCUT2D eigenvalue weighted by Crippen LogP contribution is -2.15. The Hall–Kier alpha value is -0.840. The SMILES string of the molecule is O=C(CCSCC(O)CO)c1ccccc1. The Morgan fingerprint density at radius 1 is 1.31 bits per heavy atom. The van der Waals surface area contributed by atoms with E-state index < -0.39 is 6.10 Å². The maximum absolute atomic E-state index is 11.6. The molecule has 16 heavy (non-hydrogen) atoms. The van der Waals surface area contributed by atoms with Crippen LogP contribution < -0.4 is 0 Å². The van der Waals surface area contributed by atoms with Crippen LogP contribution in [0.5, 0.6) is 0 Å². The molecule has 1 aromatic rings. The van der Waals surface area contributed by atoms with Crippen molar-refractivity contribution in [3.8, 4) is 0 Å². The van der Waals surface area contributed by atoms with Crippen molar-refractivity contribution in [2.24, 2.45) is 0 Å². The summed E-state index contributed by atoms with van der Waals surface area (Å²) in [6.45, 7) is -0.223. The molecule has 0 saturated heterocycles. The van der Waals surface area contributed by atoms with Crippen LogP contribution in [-0.4, -0.2) is 40.2 Å². The molecule has 4 heteroatoms. The number of aliphatic hydroxyl groups excluding tert-OH is 2. The average Bonchev–Trinajstić information content (AvgIpc) is 2.35. The number of aliphatic hydroxyl groups is 2. The Labute approximate surface area is 99.5 Å². The van der Waals surface area contributed by atoms with Crippen molar-refractivity contribution in [2.75, 3.05) is 18.1 Å². The molecule has 0 amide bonds. The third-order valence-corrected chi connectivity index (χ3v) is 3.20. The van der Waals surface area contributed by atoms with Crippen LogP contribution in [0.15, 0.2) is 30.3 Å². The largest absolute Gasteiger partial charge is 0.394 e. The van der Waals surface area contributed by atoms with Crippen LogP contribution >= 0.6 is 11.8 Å². The third-order valence-electron chi connectivity index (χ3n) is 2.09. The Kier molecular flexibility index (Phi) is 6.15. The fourth-order valence-electron chi connectivity index (χ4n) is 1.21. The Bertz CT molecular complexity index is 313. The number of carbonyl (C=O) groups excluding carboxylic acids is 1. The van der Waals surface area contributed by atoms with E-state index in [9.17, 15) is 4.79 Å². The van der Waals surface area contributed by atoms with Gasteiger partial charge in [0, 0.05) is 23.5 Å². The number of carbonyl (C=O) groups is 1. The van der Waals surface area contributed by atoms with E-state index in [-0.39, 0.29) is 12.4 Å². The lowest BCUT2D eigenvalue weighted by atomic mass is 10.1. The second-order valence-electron chi connectivity index (χ2n) is 3.45. The molecule has 0 aromatic heterocycles. The summed E-state index contributed by atoms with van der Waals surface area (Å²) in [4.78, 5) is 11.6. The van der Waals surface area contributed by atoms with Crippen LogP contribution in [0.3, 0.4) is 0 Å². The number of Topliss-reactive ketones (excluding diaryl/α,β-unsaturated/α-hetero) is 1. The molecule has 0 aliphatic rings. The van der Waals surface area contributed by atoms with Gasteiger partial charge in [0.2, 0.25) is 0 Å². The van der Waals surface area contributed by atoms with Crippen LogP contribution in [0.25, 0.3) is 0 Å². The molecule has 0 heterocycles. The molecule has 0 aliphatic heterocycles. The molecule has 3 nitrogen and oxygen atoms in total. The zero-order valence-electron chi connectivity index (χ0n) is 9.00. The Morgan fingerprint density at radius 3 is 2.62 bits per heavy atom. The first-order chi connectivity index (χ1) is 7.74. The maximum Gasteiger partial charge on any atom is 0.163 e. The zero-order valence-corrected chi connectivity index (χ0v) is 9.82. The molecule has 1 rings (SSSR count). The number of rotatable bonds is 7. The van der Waals surface area contributed by atoms with Gasteiger partial charge >= 0.3 is 0 Å². The lowest BCUT2D eigenvalue weighted by Gasteiger charge is -2.05. The smallest absolute Gasteiger partial charge is 0.163 e. The highest BCUT2D eigenvalue weighted by Crippen LogP contribution is 2.09. The lowest BCUT2D eigenvalue weighted by molar-refractivity contribution is 0.0989. The highest BCUT2D eigenvalue weighted by Gasteiger charge is 2.06. The highest BCUT2D eigenvalue weighted by molar-refractivity contribution is 7.99. The van der Waals surface area contributed by atoms with Crippen molar-refractivity contribution in [3.63, 3.8) is 0 Å². The number of benzene rings is 1. The summed E-state index contributed by atoms with van der Waals surface area (Å²) < 4.78 is 0. The fourth-order valence-corrected chi connectivity index (χ4v) is 2.08. The van der Waals surface area contributed by atoms with Crippen LogP contribution in [-0.2, 0) is 0 Å². The topological polar surface area (TPSA) is 57.5 Å². The normalized spacial score (nSPS) is 12.4. The van der Waals surface area contributed by atoms with Gasteiger partial charge in [-0.25, -0.2) is 0 Å². The van der Waals surface area contributed by atoms with E-state index >= 15 is 0 Å². The summed E-state index contributed by atoms with van der Waals surface area (Å²) in [5, 5.41) is 17.7. The van der Waals surface area contributed by atoms with E-state index in [1.54, 1.807) is 12.1 Å². The van der Waals surface area contributed by atoms with Gasteiger partial charge in [0.15, 0.2) is 5.78 Å². The van der Waals surface area contributed by atoms with Gasteiger partial charge < -0.3 is 10.2 Å². The van der Waals surface area contributed by atoms with Gasteiger partial charge in [-0.15, -0.1) is 0 Å². The standard InChI is InChI=1S/C12H16O3S/c13-8-11(14)9-16-7-6-12(15)10-4-2-1-3-5-10/h1-5,11,13-14H,6-9H2. The van der Waals surface area contributed by atoms with Gasteiger partial charge in [0.05, 0.1) is 12.7 Å². The molecule has 0 fully saturated rings. The molecule has 0 saturated carbocycles. The van der Waals surface area contributed by atoms with E-state index in [1.165, 1.54) is 11.8 Å². The Balaban J connectivity index is 2.21. The van der Waals surface area contributed by atoms with Crippen molar-refractivity contribution in [1.29, 1.82) is 0 Å². The monoisotopic (exact) mass is 240 g/mol. The molecule has 0 aliphatic carbocycles. The number of hydrogen-bond donors (Lipinski definition) is 2. The summed E-state index contributed by atoms with van der Waals surface area (Å²) in [6.07, 6.45) is -0.218. The van der Waals surface area contributed by atoms with Gasteiger partial charge in [-0.05, 0) is 0 Å². The van der Waals surface area contributed by atoms with Crippen molar-refractivity contribution in [2.45, 2.75) is 12.5 Å². The molecule has 0 spiro atoms. The molecule has 2 N–H and O–H groups in total. The fraction of sp³-hybridized carbons (Fsp3) is 0.417. The predicted octanol–water partition coefficient (Wildman–Crippen LogP) is 1.35. The van der Waals surface area contributed by atoms with Gasteiger partial charge in [0.1, 0.15) is 0 Å². The van der Waals surface area contributed by atoms with Crippen molar-refractivity contribution >= 4 is 17.5 Å². The zero-order chi connectivity index (χ0) is 11.8. The summed E-state index contributed by atoms with van der Waals surface area (Å²) in [6, 6.07) is 9.17. The van der Waals surface area contributed by atoms with Crippen LogP contribution in [0.2, 0.25) is 0 Å². The van der Waals surface area contributed by atoms with Crippen LogP contribution in [0.4, 0.5) is 0 Å². The van der Waals surface area contributed by atoms with E-state index in [0.29, 0.717) is 17.9 Å². The summed E-state index contributed by atoms with van der Waals surface area (Å²) in [5.74, 6) is 1.26. The summed E-state index contributed by atoms with van der Waals surface area (Å²) in [7, 11) is 0. The molecule has 88 valence electrons. The molecule has 1 atom stereocenters. The van der Waals surface area contributed by atoms with Crippen LogP contribution in [0, 0.1) is 0 Å². The first-order valence-corrected chi connectivity index (χ1v) is 6.34. The van der Waals surface area contributed by atoms with Crippen LogP contribution in [0.1, 0.15) is 16.8 Å². The van der Waals surface area contributed by atoms with Gasteiger partial charge in [-0.2, -0.15) is 11.8 Å². The molecular formula is C12H16O3S. The minimum Gasteiger partial charge on any atom is -0.394 e. The minimum atomic E-state index is -0.683. The number of thioether (sulfide) groups is 1. The van der Waals surface area contributed by atoms with Gasteiger partial charge in [-0.3, -0.25) is 4.79 Å². The first-order valence-electron chi connectivity index (χ1n) is 5.19. The quantitative estimate of drug-likeness (QED) is 0.558. The molecule has 0 radical (unpaired) electrons.